The van der Waals surface area contributed by atoms with Gasteiger partial charge in [-0.2, -0.15) is 13.2 Å². The van der Waals surface area contributed by atoms with Gasteiger partial charge in [-0.25, -0.2) is 9.97 Å². The zero-order chi connectivity index (χ0) is 19.3. The second kappa shape index (κ2) is 9.93. The summed E-state index contributed by atoms with van der Waals surface area (Å²) in [6.45, 7) is 5.68. The van der Waals surface area contributed by atoms with E-state index in [0.717, 1.165) is 37.9 Å². The molecule has 1 aromatic rings. The average Bonchev–Trinajstić information content (AvgIpc) is 3.27. The minimum absolute atomic E-state index is 0. The van der Waals surface area contributed by atoms with Crippen molar-refractivity contribution in [2.24, 2.45) is 10.4 Å². The van der Waals surface area contributed by atoms with Crippen LogP contribution >= 0.6 is 24.0 Å². The molecule has 1 aliphatic heterocycles. The molecule has 0 amide bonds. The van der Waals surface area contributed by atoms with Gasteiger partial charge in [0.1, 0.15) is 5.69 Å². The Morgan fingerprint density at radius 2 is 2.04 bits per heavy atom. The first-order valence-corrected chi connectivity index (χ1v) is 9.59. The molecular formula is C18H28F3IN6. The number of aliphatic imine (C=N–C) groups is 1. The summed E-state index contributed by atoms with van der Waals surface area (Å²) in [5, 5.41) is 6.14. The van der Waals surface area contributed by atoms with Gasteiger partial charge in [0, 0.05) is 32.4 Å². The van der Waals surface area contributed by atoms with E-state index in [9.17, 15) is 13.2 Å². The van der Waals surface area contributed by atoms with Crippen molar-refractivity contribution in [1.82, 2.24) is 20.2 Å². The molecule has 1 saturated carbocycles. The molecule has 158 valence electrons. The minimum Gasteiger partial charge on any atom is -0.357 e. The molecule has 1 saturated heterocycles. The van der Waals surface area contributed by atoms with E-state index in [-0.39, 0.29) is 29.9 Å². The van der Waals surface area contributed by atoms with Crippen LogP contribution in [0.4, 0.5) is 19.1 Å². The van der Waals surface area contributed by atoms with E-state index < -0.39 is 11.9 Å². The third-order valence-electron chi connectivity index (χ3n) is 5.34. The summed E-state index contributed by atoms with van der Waals surface area (Å²) < 4.78 is 38.1. The second-order valence-corrected chi connectivity index (χ2v) is 7.30. The predicted octanol–water partition coefficient (Wildman–Crippen LogP) is 3.76. The van der Waals surface area contributed by atoms with Crippen LogP contribution in [-0.2, 0) is 6.18 Å². The molecule has 0 unspecified atom stereocenters. The highest BCUT2D eigenvalue weighted by molar-refractivity contribution is 14.0. The van der Waals surface area contributed by atoms with Gasteiger partial charge in [-0.05, 0) is 37.7 Å². The fourth-order valence-electron chi connectivity index (χ4n) is 4.01. The maximum Gasteiger partial charge on any atom is 0.433 e. The quantitative estimate of drug-likeness (QED) is 0.272. The minimum atomic E-state index is -4.47. The summed E-state index contributed by atoms with van der Waals surface area (Å²) in [6, 6.07) is 0.860. The van der Waals surface area contributed by atoms with Gasteiger partial charge >= 0.3 is 6.18 Å². The van der Waals surface area contributed by atoms with Crippen LogP contribution < -0.4 is 10.6 Å². The van der Waals surface area contributed by atoms with Crippen molar-refractivity contribution in [3.63, 3.8) is 0 Å². The van der Waals surface area contributed by atoms with E-state index >= 15 is 0 Å². The lowest BCUT2D eigenvalue weighted by Crippen LogP contribution is -2.41. The maximum absolute atomic E-state index is 12.7. The average molecular weight is 512 g/mol. The summed E-state index contributed by atoms with van der Waals surface area (Å²) in [7, 11) is 0. The van der Waals surface area contributed by atoms with Crippen molar-refractivity contribution in [3.8, 4) is 0 Å². The van der Waals surface area contributed by atoms with Crippen LogP contribution in [0.2, 0.25) is 0 Å². The van der Waals surface area contributed by atoms with Gasteiger partial charge in [0.05, 0.1) is 6.54 Å². The Bertz CT molecular complexity index is 661. The summed E-state index contributed by atoms with van der Waals surface area (Å²) in [5.41, 5.74) is -0.490. The van der Waals surface area contributed by atoms with Crippen LogP contribution in [0, 0.1) is 5.41 Å². The largest absolute Gasteiger partial charge is 0.433 e. The molecule has 0 bridgehead atoms. The zero-order valence-corrected chi connectivity index (χ0v) is 18.4. The molecule has 6 nitrogen and oxygen atoms in total. The number of rotatable bonds is 5. The molecule has 10 heteroatoms. The third-order valence-corrected chi connectivity index (χ3v) is 5.34. The van der Waals surface area contributed by atoms with Gasteiger partial charge in [-0.15, -0.1) is 24.0 Å². The van der Waals surface area contributed by atoms with Crippen molar-refractivity contribution < 1.29 is 13.2 Å². The van der Waals surface area contributed by atoms with Gasteiger partial charge in [0.2, 0.25) is 5.95 Å². The standard InChI is InChI=1S/C18H27F3N6.HI/c1-2-22-16(27-12-8-17(13-27)6-3-4-7-17)25-11-10-24-15-23-9-5-14(26-15)18(19,20)21;/h5,9H,2-4,6-8,10-13H2,1H3,(H,22,25)(H,23,24,26);1H. The molecule has 2 N–H and O–H groups in total. The van der Waals surface area contributed by atoms with Crippen LogP contribution in [0.25, 0.3) is 0 Å². The van der Waals surface area contributed by atoms with E-state index in [1.807, 2.05) is 6.92 Å². The first-order valence-electron chi connectivity index (χ1n) is 9.59. The molecule has 28 heavy (non-hydrogen) atoms. The number of hydrogen-bond donors (Lipinski definition) is 2. The number of nitrogens with one attached hydrogen (secondary N) is 2. The number of likely N-dealkylation sites (tertiary alicyclic amines) is 1. The highest BCUT2D eigenvalue weighted by Crippen LogP contribution is 2.45. The highest BCUT2D eigenvalue weighted by Gasteiger charge is 2.41. The lowest BCUT2D eigenvalue weighted by Gasteiger charge is -2.26. The van der Waals surface area contributed by atoms with Crippen molar-refractivity contribution in [1.29, 1.82) is 0 Å². The topological polar surface area (TPSA) is 65.4 Å². The summed E-state index contributed by atoms with van der Waals surface area (Å²) in [6.07, 6.45) is 3.10. The molecular weight excluding hydrogens is 484 g/mol. The maximum atomic E-state index is 12.7. The van der Waals surface area contributed by atoms with E-state index in [1.54, 1.807) is 0 Å². The number of guanidine groups is 1. The normalized spacial score (nSPS) is 19.0. The number of anilines is 1. The monoisotopic (exact) mass is 512 g/mol. The van der Waals surface area contributed by atoms with E-state index in [2.05, 4.69) is 30.5 Å². The molecule has 0 aromatic carbocycles. The Balaban J connectivity index is 0.00000280. The number of aromatic nitrogens is 2. The molecule has 2 heterocycles. The Kier molecular flexibility index (Phi) is 8.14. The Labute approximate surface area is 180 Å². The number of halogens is 4. The van der Waals surface area contributed by atoms with Crippen LogP contribution in [0.5, 0.6) is 0 Å². The van der Waals surface area contributed by atoms with Crippen molar-refractivity contribution in [2.75, 3.05) is 38.0 Å². The number of alkyl halides is 3. The van der Waals surface area contributed by atoms with Crippen molar-refractivity contribution in [3.05, 3.63) is 18.0 Å². The Hall–Kier alpha value is -1.33. The van der Waals surface area contributed by atoms with Gasteiger partial charge < -0.3 is 15.5 Å². The van der Waals surface area contributed by atoms with Gasteiger partial charge in [0.25, 0.3) is 0 Å². The Morgan fingerprint density at radius 3 is 2.71 bits per heavy atom. The van der Waals surface area contributed by atoms with Gasteiger partial charge in [0.15, 0.2) is 5.96 Å². The van der Waals surface area contributed by atoms with Gasteiger partial charge in [-0.1, -0.05) is 12.8 Å². The van der Waals surface area contributed by atoms with Crippen LogP contribution in [-0.4, -0.2) is 53.6 Å². The molecule has 2 aliphatic rings. The van der Waals surface area contributed by atoms with Crippen molar-refractivity contribution >= 4 is 35.9 Å². The molecule has 1 aliphatic carbocycles. The van der Waals surface area contributed by atoms with Crippen LogP contribution in [0.3, 0.4) is 0 Å². The molecule has 3 rings (SSSR count). The van der Waals surface area contributed by atoms with E-state index in [0.29, 0.717) is 18.5 Å². The predicted molar refractivity (Wildman–Crippen MR) is 114 cm³/mol. The second-order valence-electron chi connectivity index (χ2n) is 7.30. The van der Waals surface area contributed by atoms with Gasteiger partial charge in [-0.3, -0.25) is 4.99 Å². The fraction of sp³-hybridized carbons (Fsp3) is 0.722. The molecule has 2 fully saturated rings. The molecule has 1 aromatic heterocycles. The summed E-state index contributed by atoms with van der Waals surface area (Å²) in [5.74, 6) is 0.851. The van der Waals surface area contributed by atoms with Crippen molar-refractivity contribution in [2.45, 2.75) is 45.2 Å². The Morgan fingerprint density at radius 1 is 1.29 bits per heavy atom. The van der Waals surface area contributed by atoms with Crippen LogP contribution in [0.1, 0.15) is 44.7 Å². The number of nitrogens with zero attached hydrogens (tertiary/aromatic N) is 4. The zero-order valence-electron chi connectivity index (χ0n) is 16.1. The fourth-order valence-corrected chi connectivity index (χ4v) is 4.01. The molecule has 0 atom stereocenters. The van der Waals surface area contributed by atoms with Crippen LogP contribution in [0.15, 0.2) is 17.3 Å². The molecule has 1 spiro atoms. The smallest absolute Gasteiger partial charge is 0.357 e. The third kappa shape index (κ3) is 5.84. The number of hydrogen-bond acceptors (Lipinski definition) is 4. The molecule has 0 radical (unpaired) electrons. The van der Waals surface area contributed by atoms with E-state index in [1.165, 1.54) is 32.1 Å². The lowest BCUT2D eigenvalue weighted by molar-refractivity contribution is -0.141. The summed E-state index contributed by atoms with van der Waals surface area (Å²) in [4.78, 5) is 14.3. The first-order chi connectivity index (χ1) is 12.9. The SMILES string of the molecule is CCNC(=NCCNc1nccc(C(F)(F)F)n1)N1CCC2(CCCC2)C1.I. The first kappa shape index (κ1) is 23.0. The summed E-state index contributed by atoms with van der Waals surface area (Å²) >= 11 is 0. The van der Waals surface area contributed by atoms with E-state index in [4.69, 9.17) is 0 Å². The lowest BCUT2D eigenvalue weighted by atomic mass is 9.86. The highest BCUT2D eigenvalue weighted by atomic mass is 127.